The van der Waals surface area contributed by atoms with Crippen LogP contribution in [0.5, 0.6) is 5.75 Å². The molecule has 146 valence electrons. The number of rotatable bonds is 10. The van der Waals surface area contributed by atoms with Crippen molar-refractivity contribution >= 4 is 5.91 Å². The first-order valence-corrected chi connectivity index (χ1v) is 9.73. The van der Waals surface area contributed by atoms with Crippen LogP contribution in [0.25, 0.3) is 0 Å². The summed E-state index contributed by atoms with van der Waals surface area (Å²) in [5.41, 5.74) is 1.63. The summed E-state index contributed by atoms with van der Waals surface area (Å²) in [5.74, 6) is 0.530. The number of hydrogen-bond donors (Lipinski definition) is 1. The number of aromatic nitrogens is 2. The van der Waals surface area contributed by atoms with Crippen LogP contribution in [0, 0.1) is 18.7 Å². The summed E-state index contributed by atoms with van der Waals surface area (Å²) >= 11 is 0. The molecule has 27 heavy (non-hydrogen) atoms. The van der Waals surface area contributed by atoms with Gasteiger partial charge < -0.3 is 10.1 Å². The van der Waals surface area contributed by atoms with E-state index in [-0.39, 0.29) is 18.2 Å². The molecular formula is C21H28FN3O2. The molecule has 1 aromatic carbocycles. The van der Waals surface area contributed by atoms with Crippen LogP contribution in [0.3, 0.4) is 0 Å². The predicted molar refractivity (Wildman–Crippen MR) is 102 cm³/mol. The second-order valence-corrected chi connectivity index (χ2v) is 7.35. The van der Waals surface area contributed by atoms with E-state index in [4.69, 9.17) is 4.74 Å². The summed E-state index contributed by atoms with van der Waals surface area (Å²) in [5, 5.41) is 6.89. The highest BCUT2D eigenvalue weighted by Gasteiger charge is 2.20. The van der Waals surface area contributed by atoms with E-state index in [1.54, 1.807) is 31.3 Å². The summed E-state index contributed by atoms with van der Waals surface area (Å²) in [6.45, 7) is 2.45. The minimum Gasteiger partial charge on any atom is -0.491 e. The van der Waals surface area contributed by atoms with Gasteiger partial charge in [-0.15, -0.1) is 0 Å². The van der Waals surface area contributed by atoms with Crippen molar-refractivity contribution in [1.82, 2.24) is 15.1 Å². The number of aryl methyl sites for hydroxylation is 2. The van der Waals surface area contributed by atoms with Crippen LogP contribution < -0.4 is 10.1 Å². The molecule has 1 saturated carbocycles. The van der Waals surface area contributed by atoms with Crippen LogP contribution in [0.1, 0.15) is 60.3 Å². The lowest BCUT2D eigenvalue weighted by atomic mass is 10.1. The largest absolute Gasteiger partial charge is 0.491 e. The van der Waals surface area contributed by atoms with Crippen LogP contribution >= 0.6 is 0 Å². The molecule has 0 saturated heterocycles. The van der Waals surface area contributed by atoms with E-state index in [2.05, 4.69) is 10.4 Å². The van der Waals surface area contributed by atoms with Gasteiger partial charge in [0.1, 0.15) is 5.69 Å². The van der Waals surface area contributed by atoms with Gasteiger partial charge in [-0.05, 0) is 31.4 Å². The number of carbonyl (C=O) groups is 1. The van der Waals surface area contributed by atoms with Crippen LogP contribution in [-0.2, 0) is 13.6 Å². The standard InChI is InChI=1S/C21H28FN3O2/c1-15-13-18(25(2)24-15)21(26)23-14-17-8-6-9-19(20(17)22)27-12-5-3-4-7-16-10-11-16/h6,8-9,13,16H,3-5,7,10-12,14H2,1-2H3,(H,23,26). The van der Waals surface area contributed by atoms with Crippen molar-refractivity contribution in [3.8, 4) is 5.75 Å². The van der Waals surface area contributed by atoms with Gasteiger partial charge in [-0.2, -0.15) is 5.10 Å². The van der Waals surface area contributed by atoms with Crippen molar-refractivity contribution in [3.63, 3.8) is 0 Å². The average Bonchev–Trinajstić information content (AvgIpc) is 3.40. The van der Waals surface area contributed by atoms with Gasteiger partial charge in [0.15, 0.2) is 11.6 Å². The molecule has 1 N–H and O–H groups in total. The van der Waals surface area contributed by atoms with E-state index < -0.39 is 5.82 Å². The third-order valence-electron chi connectivity index (χ3n) is 4.93. The van der Waals surface area contributed by atoms with Crippen molar-refractivity contribution in [2.45, 2.75) is 52.0 Å². The quantitative estimate of drug-likeness (QED) is 0.637. The van der Waals surface area contributed by atoms with E-state index in [0.29, 0.717) is 17.9 Å². The molecule has 1 fully saturated rings. The minimum atomic E-state index is -0.406. The molecule has 0 unspecified atom stereocenters. The zero-order chi connectivity index (χ0) is 19.2. The van der Waals surface area contributed by atoms with Crippen LogP contribution in [0.4, 0.5) is 4.39 Å². The Labute approximate surface area is 159 Å². The van der Waals surface area contributed by atoms with Crippen molar-refractivity contribution in [2.24, 2.45) is 13.0 Å². The zero-order valence-corrected chi connectivity index (χ0v) is 16.1. The first-order chi connectivity index (χ1) is 13.0. The normalized spacial score (nSPS) is 13.6. The van der Waals surface area contributed by atoms with Crippen molar-refractivity contribution in [3.05, 3.63) is 47.0 Å². The zero-order valence-electron chi connectivity index (χ0n) is 16.1. The monoisotopic (exact) mass is 373 g/mol. The van der Waals surface area contributed by atoms with Crippen LogP contribution in [0.2, 0.25) is 0 Å². The van der Waals surface area contributed by atoms with Gasteiger partial charge in [-0.3, -0.25) is 9.48 Å². The van der Waals surface area contributed by atoms with E-state index >= 15 is 0 Å². The molecule has 0 atom stereocenters. The molecule has 2 aromatic rings. The number of nitrogens with zero attached hydrogens (tertiary/aromatic N) is 2. The Hall–Kier alpha value is -2.37. The Morgan fingerprint density at radius 3 is 2.85 bits per heavy atom. The van der Waals surface area contributed by atoms with Crippen LogP contribution in [-0.4, -0.2) is 22.3 Å². The first kappa shape index (κ1) is 19.4. The van der Waals surface area contributed by atoms with Crippen molar-refractivity contribution in [1.29, 1.82) is 0 Å². The Morgan fingerprint density at radius 2 is 2.15 bits per heavy atom. The third-order valence-corrected chi connectivity index (χ3v) is 4.93. The predicted octanol–water partition coefficient (Wildman–Crippen LogP) is 4.15. The van der Waals surface area contributed by atoms with E-state index in [0.717, 1.165) is 24.5 Å². The summed E-state index contributed by atoms with van der Waals surface area (Å²) in [7, 11) is 1.71. The van der Waals surface area contributed by atoms with Gasteiger partial charge in [-0.1, -0.05) is 44.2 Å². The molecule has 5 nitrogen and oxygen atoms in total. The number of carbonyl (C=O) groups excluding carboxylic acids is 1. The van der Waals surface area contributed by atoms with Crippen LogP contribution in [0.15, 0.2) is 24.3 Å². The second kappa shape index (κ2) is 9.02. The molecule has 0 radical (unpaired) electrons. The number of unbranched alkanes of at least 4 members (excludes halogenated alkanes) is 2. The highest BCUT2D eigenvalue weighted by atomic mass is 19.1. The lowest BCUT2D eigenvalue weighted by Gasteiger charge is -2.11. The van der Waals surface area contributed by atoms with Gasteiger partial charge in [0.25, 0.3) is 5.91 Å². The second-order valence-electron chi connectivity index (χ2n) is 7.35. The number of nitrogens with one attached hydrogen (secondary N) is 1. The Bertz CT molecular complexity index is 784. The fourth-order valence-corrected chi connectivity index (χ4v) is 3.19. The fraction of sp³-hybridized carbons (Fsp3) is 0.524. The maximum atomic E-state index is 14.6. The summed E-state index contributed by atoms with van der Waals surface area (Å²) in [4.78, 5) is 12.2. The molecule has 1 aliphatic rings. The molecule has 0 bridgehead atoms. The summed E-state index contributed by atoms with van der Waals surface area (Å²) in [6, 6.07) is 6.75. The smallest absolute Gasteiger partial charge is 0.269 e. The molecule has 1 heterocycles. The van der Waals surface area contributed by atoms with E-state index in [9.17, 15) is 9.18 Å². The molecule has 0 aliphatic heterocycles. The van der Waals surface area contributed by atoms with E-state index in [1.807, 2.05) is 6.92 Å². The molecule has 3 rings (SSSR count). The minimum absolute atomic E-state index is 0.105. The Kier molecular flexibility index (Phi) is 6.48. The molecule has 0 spiro atoms. The van der Waals surface area contributed by atoms with E-state index in [1.165, 1.54) is 30.4 Å². The molecule has 1 amide bonds. The van der Waals surface area contributed by atoms with Gasteiger partial charge in [0.2, 0.25) is 0 Å². The van der Waals surface area contributed by atoms with Gasteiger partial charge in [0, 0.05) is 19.2 Å². The number of benzene rings is 1. The maximum absolute atomic E-state index is 14.6. The number of amides is 1. The van der Waals surface area contributed by atoms with Crippen molar-refractivity contribution in [2.75, 3.05) is 6.61 Å². The third kappa shape index (κ3) is 5.55. The number of hydrogen-bond acceptors (Lipinski definition) is 3. The molecule has 1 aromatic heterocycles. The first-order valence-electron chi connectivity index (χ1n) is 9.73. The van der Waals surface area contributed by atoms with Gasteiger partial charge in [-0.25, -0.2) is 4.39 Å². The highest BCUT2D eigenvalue weighted by Crippen LogP contribution is 2.34. The Morgan fingerprint density at radius 1 is 1.33 bits per heavy atom. The molecule has 6 heteroatoms. The Balaban J connectivity index is 1.46. The summed E-state index contributed by atoms with van der Waals surface area (Å²) in [6.07, 6.45) is 7.40. The highest BCUT2D eigenvalue weighted by molar-refractivity contribution is 5.92. The lowest BCUT2D eigenvalue weighted by molar-refractivity contribution is 0.0941. The van der Waals surface area contributed by atoms with Crippen molar-refractivity contribution < 1.29 is 13.9 Å². The summed E-state index contributed by atoms with van der Waals surface area (Å²) < 4.78 is 21.7. The molecular weight excluding hydrogens is 345 g/mol. The number of ether oxygens (including phenoxy) is 1. The number of halogens is 1. The molecule has 1 aliphatic carbocycles. The fourth-order valence-electron chi connectivity index (χ4n) is 3.19. The maximum Gasteiger partial charge on any atom is 0.269 e. The van der Waals surface area contributed by atoms with Gasteiger partial charge >= 0.3 is 0 Å². The van der Waals surface area contributed by atoms with Gasteiger partial charge in [0.05, 0.1) is 12.3 Å². The SMILES string of the molecule is Cc1cc(C(=O)NCc2cccc(OCCCCCC3CC3)c2F)n(C)n1. The average molecular weight is 373 g/mol. The topological polar surface area (TPSA) is 56.1 Å². The lowest BCUT2D eigenvalue weighted by Crippen LogP contribution is -2.25.